The van der Waals surface area contributed by atoms with Gasteiger partial charge in [-0.25, -0.2) is 0 Å². The normalized spacial score (nSPS) is 13.5. The van der Waals surface area contributed by atoms with E-state index in [2.05, 4.69) is 0 Å². The highest BCUT2D eigenvalue weighted by molar-refractivity contribution is 6.30. The SMILES string of the molecule is NC(Cc1ccc(Cl)cc1C(F)(F)F)C(=O)O. The molecule has 0 aliphatic carbocycles. The maximum absolute atomic E-state index is 12.6. The number of alkyl halides is 3. The van der Waals surface area contributed by atoms with Gasteiger partial charge in [-0.2, -0.15) is 13.2 Å². The summed E-state index contributed by atoms with van der Waals surface area (Å²) in [5, 5.41) is 8.49. The van der Waals surface area contributed by atoms with Crippen molar-refractivity contribution < 1.29 is 23.1 Å². The molecule has 0 radical (unpaired) electrons. The van der Waals surface area contributed by atoms with E-state index in [0.717, 1.165) is 12.1 Å². The summed E-state index contributed by atoms with van der Waals surface area (Å²) in [4.78, 5) is 10.5. The molecular weight excluding hydrogens is 259 g/mol. The van der Waals surface area contributed by atoms with Gasteiger partial charge in [-0.3, -0.25) is 4.79 Å². The quantitative estimate of drug-likeness (QED) is 0.883. The van der Waals surface area contributed by atoms with Crippen molar-refractivity contribution in [3.8, 4) is 0 Å². The van der Waals surface area contributed by atoms with Crippen LogP contribution in [0.5, 0.6) is 0 Å². The Kier molecular flexibility index (Phi) is 4.00. The molecule has 1 aromatic carbocycles. The van der Waals surface area contributed by atoms with Crippen molar-refractivity contribution in [2.75, 3.05) is 0 Å². The van der Waals surface area contributed by atoms with Crippen LogP contribution in [0, 0.1) is 0 Å². The third-order valence-electron chi connectivity index (χ3n) is 2.13. The zero-order valence-electron chi connectivity index (χ0n) is 8.46. The number of benzene rings is 1. The van der Waals surface area contributed by atoms with Gasteiger partial charge in [-0.05, 0) is 24.1 Å². The predicted octanol–water partition coefficient (Wildman–Crippen LogP) is 2.31. The highest BCUT2D eigenvalue weighted by Crippen LogP contribution is 2.34. The Morgan fingerprint density at radius 2 is 2.06 bits per heavy atom. The Bertz CT molecular complexity index is 434. The molecule has 0 fully saturated rings. The summed E-state index contributed by atoms with van der Waals surface area (Å²) in [6.07, 6.45) is -4.99. The lowest BCUT2D eigenvalue weighted by atomic mass is 10.0. The number of carbonyl (C=O) groups is 1. The summed E-state index contributed by atoms with van der Waals surface area (Å²) >= 11 is 5.47. The fourth-order valence-electron chi connectivity index (χ4n) is 1.31. The molecule has 94 valence electrons. The number of hydrogen-bond donors (Lipinski definition) is 2. The van der Waals surface area contributed by atoms with Gasteiger partial charge in [-0.15, -0.1) is 0 Å². The number of nitrogens with two attached hydrogens (primary N) is 1. The first-order valence-corrected chi connectivity index (χ1v) is 4.93. The molecule has 0 aliphatic rings. The standard InChI is InChI=1S/C10H9ClF3NO2/c11-6-2-1-5(3-8(15)9(16)17)7(4-6)10(12,13)14/h1-2,4,8H,3,15H2,(H,16,17). The molecule has 3 N–H and O–H groups in total. The maximum Gasteiger partial charge on any atom is 0.416 e. The second kappa shape index (κ2) is 4.93. The molecular formula is C10H9ClF3NO2. The van der Waals surface area contributed by atoms with Gasteiger partial charge < -0.3 is 10.8 Å². The monoisotopic (exact) mass is 267 g/mol. The Hall–Kier alpha value is -1.27. The molecule has 0 saturated heterocycles. The zero-order valence-corrected chi connectivity index (χ0v) is 9.22. The van der Waals surface area contributed by atoms with E-state index in [0.29, 0.717) is 0 Å². The van der Waals surface area contributed by atoms with Gasteiger partial charge in [0.1, 0.15) is 6.04 Å². The Morgan fingerprint density at radius 1 is 1.47 bits per heavy atom. The number of aliphatic carboxylic acids is 1. The van der Waals surface area contributed by atoms with Gasteiger partial charge in [0.05, 0.1) is 5.56 Å². The van der Waals surface area contributed by atoms with Gasteiger partial charge in [0.15, 0.2) is 0 Å². The van der Waals surface area contributed by atoms with E-state index < -0.39 is 30.2 Å². The van der Waals surface area contributed by atoms with Crippen LogP contribution in [0.2, 0.25) is 5.02 Å². The minimum absolute atomic E-state index is 0.0648. The minimum atomic E-state index is -4.58. The van der Waals surface area contributed by atoms with Crippen molar-refractivity contribution in [3.05, 3.63) is 34.3 Å². The van der Waals surface area contributed by atoms with Gasteiger partial charge >= 0.3 is 12.1 Å². The van der Waals surface area contributed by atoms with E-state index in [9.17, 15) is 18.0 Å². The van der Waals surface area contributed by atoms with E-state index in [-0.39, 0.29) is 10.6 Å². The van der Waals surface area contributed by atoms with Gasteiger partial charge in [0.2, 0.25) is 0 Å². The summed E-state index contributed by atoms with van der Waals surface area (Å²) in [6.45, 7) is 0. The van der Waals surface area contributed by atoms with Crippen LogP contribution in [0.25, 0.3) is 0 Å². The lowest BCUT2D eigenvalue weighted by Crippen LogP contribution is -2.33. The highest BCUT2D eigenvalue weighted by Gasteiger charge is 2.34. The number of hydrogen-bond acceptors (Lipinski definition) is 2. The van der Waals surface area contributed by atoms with Crippen molar-refractivity contribution in [1.82, 2.24) is 0 Å². The van der Waals surface area contributed by atoms with Crippen molar-refractivity contribution >= 4 is 17.6 Å². The average Bonchev–Trinajstić information content (AvgIpc) is 2.18. The molecule has 0 bridgehead atoms. The summed E-state index contributed by atoms with van der Waals surface area (Å²) < 4.78 is 37.9. The molecule has 1 aromatic rings. The first kappa shape index (κ1) is 13.8. The average molecular weight is 268 g/mol. The second-order valence-electron chi connectivity index (χ2n) is 3.45. The van der Waals surface area contributed by atoms with E-state index in [4.69, 9.17) is 22.4 Å². The molecule has 0 amide bonds. The maximum atomic E-state index is 12.6. The van der Waals surface area contributed by atoms with Gasteiger partial charge in [-0.1, -0.05) is 17.7 Å². The summed E-state index contributed by atoms with van der Waals surface area (Å²) in [6, 6.07) is 1.78. The van der Waals surface area contributed by atoms with Crippen LogP contribution >= 0.6 is 11.6 Å². The van der Waals surface area contributed by atoms with E-state index in [1.165, 1.54) is 6.07 Å². The van der Waals surface area contributed by atoms with E-state index in [1.54, 1.807) is 0 Å². The lowest BCUT2D eigenvalue weighted by molar-refractivity contribution is -0.140. The van der Waals surface area contributed by atoms with Crippen molar-refractivity contribution in [1.29, 1.82) is 0 Å². The van der Waals surface area contributed by atoms with Crippen LogP contribution in [-0.2, 0) is 17.4 Å². The fourth-order valence-corrected chi connectivity index (χ4v) is 1.49. The Balaban J connectivity index is 3.11. The van der Waals surface area contributed by atoms with Crippen molar-refractivity contribution in [3.63, 3.8) is 0 Å². The summed E-state index contributed by atoms with van der Waals surface area (Å²) in [5.41, 5.74) is 4.06. The van der Waals surface area contributed by atoms with Crippen LogP contribution in [0.1, 0.15) is 11.1 Å². The molecule has 0 aromatic heterocycles. The summed E-state index contributed by atoms with van der Waals surface area (Å²) in [5.74, 6) is -1.35. The molecule has 7 heteroatoms. The molecule has 0 saturated carbocycles. The second-order valence-corrected chi connectivity index (χ2v) is 3.88. The third kappa shape index (κ3) is 3.61. The van der Waals surface area contributed by atoms with Gasteiger partial charge in [0.25, 0.3) is 0 Å². The van der Waals surface area contributed by atoms with E-state index in [1.807, 2.05) is 0 Å². The molecule has 1 unspecified atom stereocenters. The van der Waals surface area contributed by atoms with Crippen LogP contribution < -0.4 is 5.73 Å². The number of carboxylic acids is 1. The van der Waals surface area contributed by atoms with Crippen molar-refractivity contribution in [2.24, 2.45) is 5.73 Å². The minimum Gasteiger partial charge on any atom is -0.480 e. The molecule has 3 nitrogen and oxygen atoms in total. The number of carboxylic acid groups (broad SMARTS) is 1. The van der Waals surface area contributed by atoms with Gasteiger partial charge in [0, 0.05) is 5.02 Å². The van der Waals surface area contributed by atoms with Crippen molar-refractivity contribution in [2.45, 2.75) is 18.6 Å². The summed E-state index contributed by atoms with van der Waals surface area (Å²) in [7, 11) is 0. The zero-order chi connectivity index (χ0) is 13.2. The molecule has 0 heterocycles. The third-order valence-corrected chi connectivity index (χ3v) is 2.37. The van der Waals surface area contributed by atoms with E-state index >= 15 is 0 Å². The Labute approximate surface area is 100.0 Å². The largest absolute Gasteiger partial charge is 0.480 e. The molecule has 1 atom stereocenters. The molecule has 0 spiro atoms. The first-order chi connectivity index (χ1) is 7.71. The highest BCUT2D eigenvalue weighted by atomic mass is 35.5. The topological polar surface area (TPSA) is 63.3 Å². The first-order valence-electron chi connectivity index (χ1n) is 4.56. The number of halogens is 4. The predicted molar refractivity (Wildman–Crippen MR) is 55.8 cm³/mol. The van der Waals surface area contributed by atoms with Crippen LogP contribution in [0.15, 0.2) is 18.2 Å². The van der Waals surface area contributed by atoms with Crippen LogP contribution in [-0.4, -0.2) is 17.1 Å². The molecule has 17 heavy (non-hydrogen) atoms. The van der Waals surface area contributed by atoms with Crippen LogP contribution in [0.4, 0.5) is 13.2 Å². The fraction of sp³-hybridized carbons (Fsp3) is 0.300. The smallest absolute Gasteiger partial charge is 0.416 e. The Morgan fingerprint density at radius 3 is 2.53 bits per heavy atom. The lowest BCUT2D eigenvalue weighted by Gasteiger charge is -2.14. The molecule has 0 aliphatic heterocycles. The number of rotatable bonds is 3. The van der Waals surface area contributed by atoms with Crippen LogP contribution in [0.3, 0.4) is 0 Å². The molecule has 1 rings (SSSR count).